The summed E-state index contributed by atoms with van der Waals surface area (Å²) in [7, 11) is 1.46. The van der Waals surface area contributed by atoms with Gasteiger partial charge in [0, 0.05) is 18.4 Å². The molecular formula is C9H17N3O4. The molecule has 0 aliphatic heterocycles. The predicted octanol–water partition coefficient (Wildman–Crippen LogP) is 0.584. The minimum absolute atomic E-state index is 0.0303. The van der Waals surface area contributed by atoms with Crippen molar-refractivity contribution >= 4 is 0 Å². The average Bonchev–Trinajstić information content (AvgIpc) is 2.31. The van der Waals surface area contributed by atoms with Gasteiger partial charge in [-0.25, -0.2) is 0 Å². The number of azide groups is 1. The van der Waals surface area contributed by atoms with Crippen molar-refractivity contribution in [3.05, 3.63) is 23.1 Å². The molecule has 0 aliphatic carbocycles. The molecule has 0 saturated heterocycles. The van der Waals surface area contributed by atoms with E-state index in [1.54, 1.807) is 0 Å². The first-order valence-corrected chi connectivity index (χ1v) is 4.75. The van der Waals surface area contributed by atoms with Crippen LogP contribution in [0.25, 0.3) is 10.4 Å². The van der Waals surface area contributed by atoms with Crippen LogP contribution in [-0.4, -0.2) is 49.0 Å². The van der Waals surface area contributed by atoms with Gasteiger partial charge in [0.05, 0.1) is 24.9 Å². The van der Waals surface area contributed by atoms with Crippen molar-refractivity contribution in [2.75, 3.05) is 20.4 Å². The highest BCUT2D eigenvalue weighted by Gasteiger charge is 2.19. The molecule has 0 spiro atoms. The van der Waals surface area contributed by atoms with Crippen LogP contribution in [0.4, 0.5) is 0 Å². The Morgan fingerprint density at radius 3 is 2.75 bits per heavy atom. The van der Waals surface area contributed by atoms with E-state index in [4.69, 9.17) is 15.0 Å². The quantitative estimate of drug-likeness (QED) is 0.199. The van der Waals surface area contributed by atoms with Crippen LogP contribution in [-0.2, 0) is 9.47 Å². The summed E-state index contributed by atoms with van der Waals surface area (Å²) in [6, 6.07) is 0. The summed E-state index contributed by atoms with van der Waals surface area (Å²) in [5.74, 6) is 0. The molecule has 0 saturated carbocycles. The number of aliphatic hydroxyl groups excluding tert-OH is 2. The Labute approximate surface area is 93.9 Å². The zero-order chi connectivity index (χ0) is 12.4. The minimum atomic E-state index is -1.03. The van der Waals surface area contributed by atoms with Crippen LogP contribution >= 0.6 is 0 Å². The Balaban J connectivity index is 4.16. The first-order valence-electron chi connectivity index (χ1n) is 4.75. The second kappa shape index (κ2) is 9.14. The fourth-order valence-electron chi connectivity index (χ4n) is 1.05. The Hall–Kier alpha value is -1.11. The highest BCUT2D eigenvalue weighted by atomic mass is 16.7. The van der Waals surface area contributed by atoms with Gasteiger partial charge in [-0.1, -0.05) is 11.2 Å². The summed E-state index contributed by atoms with van der Waals surface area (Å²) in [6.07, 6.45) is -1.17. The summed E-state index contributed by atoms with van der Waals surface area (Å²) >= 11 is 0. The van der Waals surface area contributed by atoms with Crippen LogP contribution in [0.2, 0.25) is 0 Å². The van der Waals surface area contributed by atoms with E-state index in [0.717, 1.165) is 0 Å². The Kier molecular flexibility index (Phi) is 8.51. The molecule has 7 nitrogen and oxygen atoms in total. The van der Waals surface area contributed by atoms with Gasteiger partial charge in [0.25, 0.3) is 0 Å². The molecule has 0 unspecified atom stereocenters. The number of hydrogen-bond acceptors (Lipinski definition) is 5. The maximum absolute atomic E-state index is 9.51. The van der Waals surface area contributed by atoms with Crippen LogP contribution in [0.15, 0.2) is 17.8 Å². The maximum Gasteiger partial charge on any atom is 0.146 e. The van der Waals surface area contributed by atoms with Crippen LogP contribution in [0.1, 0.15) is 6.42 Å². The molecule has 0 aromatic heterocycles. The molecule has 0 bridgehead atoms. The van der Waals surface area contributed by atoms with Gasteiger partial charge in [-0.3, -0.25) is 0 Å². The average molecular weight is 231 g/mol. The molecule has 0 rings (SSSR count). The van der Waals surface area contributed by atoms with Gasteiger partial charge < -0.3 is 19.7 Å². The van der Waals surface area contributed by atoms with Gasteiger partial charge in [0.15, 0.2) is 0 Å². The van der Waals surface area contributed by atoms with Crippen molar-refractivity contribution in [2.24, 2.45) is 5.11 Å². The Morgan fingerprint density at radius 1 is 1.56 bits per heavy atom. The summed E-state index contributed by atoms with van der Waals surface area (Å²) in [5.41, 5.74) is 8.17. The fraction of sp³-hybridized carbons (Fsp3) is 0.778. The maximum atomic E-state index is 9.51. The minimum Gasteiger partial charge on any atom is -0.390 e. The summed E-state index contributed by atoms with van der Waals surface area (Å²) in [5, 5.41) is 22.1. The molecular weight excluding hydrogens is 214 g/mol. The van der Waals surface area contributed by atoms with Crippen LogP contribution in [0.3, 0.4) is 0 Å². The Bertz CT molecular complexity index is 243. The summed E-state index contributed by atoms with van der Waals surface area (Å²) in [6.45, 7) is 3.46. The van der Waals surface area contributed by atoms with Crippen LogP contribution in [0, 0.1) is 0 Å². The molecule has 7 heteroatoms. The highest BCUT2D eigenvalue weighted by Crippen LogP contribution is 2.08. The van der Waals surface area contributed by atoms with Crippen LogP contribution in [0.5, 0.6) is 0 Å². The molecule has 0 fully saturated rings. The standard InChI is InChI=1S/C9H17N3O4/c1-3-8(13)9(14)4-7(5-11-12-10)16-6-15-2/h3,7-9,13-14H,1,4-6H2,2H3/t7-,8+,9-/m0/s1. The van der Waals surface area contributed by atoms with Gasteiger partial charge in [0.1, 0.15) is 6.79 Å². The van der Waals surface area contributed by atoms with Gasteiger partial charge in [0.2, 0.25) is 0 Å². The van der Waals surface area contributed by atoms with E-state index in [9.17, 15) is 10.2 Å². The third-order valence-corrected chi connectivity index (χ3v) is 1.91. The van der Waals surface area contributed by atoms with Crippen LogP contribution < -0.4 is 0 Å². The lowest BCUT2D eigenvalue weighted by Crippen LogP contribution is -2.31. The first-order chi connectivity index (χ1) is 7.65. The van der Waals surface area contributed by atoms with Crippen molar-refractivity contribution < 1.29 is 19.7 Å². The molecule has 3 atom stereocenters. The van der Waals surface area contributed by atoms with Gasteiger partial charge in [-0.05, 0) is 5.53 Å². The third-order valence-electron chi connectivity index (χ3n) is 1.91. The van der Waals surface area contributed by atoms with E-state index in [1.807, 2.05) is 0 Å². The predicted molar refractivity (Wildman–Crippen MR) is 57.6 cm³/mol. The largest absolute Gasteiger partial charge is 0.390 e. The smallest absolute Gasteiger partial charge is 0.146 e. The van der Waals surface area contributed by atoms with Crippen molar-refractivity contribution in [3.63, 3.8) is 0 Å². The molecule has 0 aromatic rings. The second-order valence-corrected chi connectivity index (χ2v) is 3.14. The fourth-order valence-corrected chi connectivity index (χ4v) is 1.05. The molecule has 2 N–H and O–H groups in total. The van der Waals surface area contributed by atoms with Crippen molar-refractivity contribution in [3.8, 4) is 0 Å². The van der Waals surface area contributed by atoms with E-state index in [2.05, 4.69) is 16.6 Å². The molecule has 0 aromatic carbocycles. The number of ether oxygens (including phenoxy) is 2. The SMILES string of the molecule is C=C[C@@H](O)[C@@H](O)C[C@@H](CN=[N+]=[N-])OCOC. The zero-order valence-electron chi connectivity index (χ0n) is 9.19. The van der Waals surface area contributed by atoms with E-state index in [-0.39, 0.29) is 19.8 Å². The van der Waals surface area contributed by atoms with E-state index < -0.39 is 18.3 Å². The highest BCUT2D eigenvalue weighted by molar-refractivity contribution is 4.86. The number of methoxy groups -OCH3 is 1. The third kappa shape index (κ3) is 6.39. The van der Waals surface area contributed by atoms with Crippen molar-refractivity contribution in [1.29, 1.82) is 0 Å². The van der Waals surface area contributed by atoms with Gasteiger partial charge in [-0.2, -0.15) is 0 Å². The monoisotopic (exact) mass is 231 g/mol. The topological polar surface area (TPSA) is 108 Å². The molecule has 92 valence electrons. The lowest BCUT2D eigenvalue weighted by atomic mass is 10.1. The normalized spacial score (nSPS) is 15.9. The molecule has 0 amide bonds. The first kappa shape index (κ1) is 14.9. The second-order valence-electron chi connectivity index (χ2n) is 3.14. The summed E-state index contributed by atoms with van der Waals surface area (Å²) in [4.78, 5) is 2.60. The number of aliphatic hydroxyl groups is 2. The van der Waals surface area contributed by atoms with Crippen molar-refractivity contribution in [2.45, 2.75) is 24.7 Å². The lowest BCUT2D eigenvalue weighted by molar-refractivity contribution is -0.0880. The number of hydrogen-bond donors (Lipinski definition) is 2. The molecule has 16 heavy (non-hydrogen) atoms. The summed E-state index contributed by atoms with van der Waals surface area (Å²) < 4.78 is 9.87. The van der Waals surface area contributed by atoms with E-state index >= 15 is 0 Å². The molecule has 0 heterocycles. The molecule has 0 radical (unpaired) electrons. The zero-order valence-corrected chi connectivity index (χ0v) is 9.19. The molecule has 0 aliphatic rings. The van der Waals surface area contributed by atoms with Gasteiger partial charge >= 0.3 is 0 Å². The lowest BCUT2D eigenvalue weighted by Gasteiger charge is -2.20. The van der Waals surface area contributed by atoms with E-state index in [1.165, 1.54) is 13.2 Å². The number of nitrogens with zero attached hydrogens (tertiary/aromatic N) is 3. The van der Waals surface area contributed by atoms with Gasteiger partial charge in [-0.15, -0.1) is 6.58 Å². The number of rotatable bonds is 9. The van der Waals surface area contributed by atoms with Crippen molar-refractivity contribution in [1.82, 2.24) is 0 Å². The van der Waals surface area contributed by atoms with E-state index in [0.29, 0.717) is 0 Å². The Morgan fingerprint density at radius 2 is 2.25 bits per heavy atom.